The summed E-state index contributed by atoms with van der Waals surface area (Å²) < 4.78 is 0. The van der Waals surface area contributed by atoms with E-state index in [1.54, 1.807) is 12.3 Å². The van der Waals surface area contributed by atoms with Crippen molar-refractivity contribution < 1.29 is 4.79 Å². The number of piperidine rings is 1. The number of hydrogen-bond donors (Lipinski definition) is 3. The second-order valence-corrected chi connectivity index (χ2v) is 8.01. The minimum Gasteiger partial charge on any atom is -0.384 e. The average molecular weight is 406 g/mol. The highest BCUT2D eigenvalue weighted by Crippen LogP contribution is 2.28. The molecular weight excluding hydrogens is 378 g/mol. The van der Waals surface area contributed by atoms with E-state index in [1.807, 2.05) is 13.0 Å². The standard InChI is InChI=1S/C22H27N7O/c1-14-18(9-7-15-8-10-19(23)25-12-15)20(28-22(24)26-14)29-11-3-6-17(13-29)27-21(30)16-4-2-5-16/h8,10,12,16-17H,2-6,11,13H2,1H3,(H2,23,25)(H,27,30)(H2,24,26,28). The van der Waals surface area contributed by atoms with Crippen LogP contribution in [-0.2, 0) is 4.79 Å². The summed E-state index contributed by atoms with van der Waals surface area (Å²) in [6.07, 6.45) is 6.73. The molecule has 0 aromatic carbocycles. The lowest BCUT2D eigenvalue weighted by molar-refractivity contribution is -0.128. The van der Waals surface area contributed by atoms with Crippen molar-refractivity contribution >= 4 is 23.5 Å². The number of aromatic nitrogens is 3. The highest BCUT2D eigenvalue weighted by molar-refractivity contribution is 5.79. The van der Waals surface area contributed by atoms with Crippen molar-refractivity contribution in [3.8, 4) is 11.8 Å². The van der Waals surface area contributed by atoms with Gasteiger partial charge in [-0.3, -0.25) is 4.79 Å². The van der Waals surface area contributed by atoms with Crippen LogP contribution < -0.4 is 21.7 Å². The fraction of sp³-hybridized carbons (Fsp3) is 0.455. The van der Waals surface area contributed by atoms with Gasteiger partial charge in [0.25, 0.3) is 0 Å². The summed E-state index contributed by atoms with van der Waals surface area (Å²) in [5.41, 5.74) is 13.8. The van der Waals surface area contributed by atoms with E-state index in [0.717, 1.165) is 61.3 Å². The largest absolute Gasteiger partial charge is 0.384 e. The van der Waals surface area contributed by atoms with Crippen LogP contribution in [0, 0.1) is 24.7 Å². The van der Waals surface area contributed by atoms with Gasteiger partial charge in [-0.15, -0.1) is 0 Å². The second-order valence-electron chi connectivity index (χ2n) is 8.01. The van der Waals surface area contributed by atoms with Crippen LogP contribution >= 0.6 is 0 Å². The zero-order valence-corrected chi connectivity index (χ0v) is 17.2. The smallest absolute Gasteiger partial charge is 0.223 e. The summed E-state index contributed by atoms with van der Waals surface area (Å²) in [5, 5.41) is 3.22. The Hall–Kier alpha value is -3.34. The first kappa shape index (κ1) is 20.0. The van der Waals surface area contributed by atoms with Gasteiger partial charge >= 0.3 is 0 Å². The summed E-state index contributed by atoms with van der Waals surface area (Å²) in [7, 11) is 0. The molecule has 1 saturated heterocycles. The molecule has 8 nitrogen and oxygen atoms in total. The van der Waals surface area contributed by atoms with Crippen LogP contribution in [0.2, 0.25) is 0 Å². The van der Waals surface area contributed by atoms with E-state index < -0.39 is 0 Å². The molecule has 8 heteroatoms. The first-order valence-corrected chi connectivity index (χ1v) is 10.4. The number of rotatable bonds is 3. The third kappa shape index (κ3) is 4.46. The Kier molecular flexibility index (Phi) is 5.70. The van der Waals surface area contributed by atoms with Gasteiger partial charge in [0.2, 0.25) is 11.9 Å². The van der Waals surface area contributed by atoms with Crippen molar-refractivity contribution in [3.63, 3.8) is 0 Å². The predicted octanol–water partition coefficient (Wildman–Crippen LogP) is 1.63. The number of nitrogens with two attached hydrogens (primary N) is 2. The van der Waals surface area contributed by atoms with E-state index in [0.29, 0.717) is 12.4 Å². The molecule has 1 aliphatic carbocycles. The quantitative estimate of drug-likeness (QED) is 0.663. The molecule has 5 N–H and O–H groups in total. The number of hydrogen-bond acceptors (Lipinski definition) is 7. The highest BCUT2D eigenvalue weighted by Gasteiger charge is 2.29. The van der Waals surface area contributed by atoms with Crippen molar-refractivity contribution in [2.75, 3.05) is 29.5 Å². The van der Waals surface area contributed by atoms with Crippen LogP contribution in [-0.4, -0.2) is 40.0 Å². The molecule has 30 heavy (non-hydrogen) atoms. The van der Waals surface area contributed by atoms with E-state index >= 15 is 0 Å². The van der Waals surface area contributed by atoms with Crippen molar-refractivity contribution in [2.24, 2.45) is 5.92 Å². The third-order valence-corrected chi connectivity index (χ3v) is 5.75. The maximum atomic E-state index is 12.4. The molecule has 3 heterocycles. The van der Waals surface area contributed by atoms with Crippen molar-refractivity contribution in [1.29, 1.82) is 0 Å². The fourth-order valence-corrected chi connectivity index (χ4v) is 3.84. The molecule has 0 bridgehead atoms. The fourth-order valence-electron chi connectivity index (χ4n) is 3.84. The lowest BCUT2D eigenvalue weighted by Gasteiger charge is -2.36. The summed E-state index contributed by atoms with van der Waals surface area (Å²) in [5.74, 6) is 8.08. The van der Waals surface area contributed by atoms with Gasteiger partial charge in [-0.1, -0.05) is 18.3 Å². The normalized spacial score (nSPS) is 18.8. The Morgan fingerprint density at radius 1 is 1.17 bits per heavy atom. The number of pyridine rings is 1. The van der Waals surface area contributed by atoms with Crippen LogP contribution in [0.15, 0.2) is 18.3 Å². The number of nitrogens with one attached hydrogen (secondary N) is 1. The summed E-state index contributed by atoms with van der Waals surface area (Å²) in [4.78, 5) is 27.4. The lowest BCUT2D eigenvalue weighted by Crippen LogP contribution is -2.50. The number of aryl methyl sites for hydroxylation is 1. The van der Waals surface area contributed by atoms with Gasteiger partial charge < -0.3 is 21.7 Å². The molecule has 0 radical (unpaired) electrons. The van der Waals surface area contributed by atoms with E-state index in [2.05, 4.69) is 37.0 Å². The minimum atomic E-state index is 0.102. The molecule has 2 aliphatic rings. The monoisotopic (exact) mass is 405 g/mol. The summed E-state index contributed by atoms with van der Waals surface area (Å²) >= 11 is 0. The van der Waals surface area contributed by atoms with Crippen LogP contribution in [0.3, 0.4) is 0 Å². The number of nitrogen functional groups attached to an aromatic ring is 2. The van der Waals surface area contributed by atoms with E-state index in [1.165, 1.54) is 0 Å². The third-order valence-electron chi connectivity index (χ3n) is 5.75. The first-order chi connectivity index (χ1) is 14.5. The summed E-state index contributed by atoms with van der Waals surface area (Å²) in [6, 6.07) is 3.65. The molecular formula is C22H27N7O. The number of nitrogens with zero attached hydrogens (tertiary/aromatic N) is 4. The molecule has 1 saturated carbocycles. The number of carbonyl (C=O) groups excluding carboxylic acids is 1. The Labute approximate surface area is 176 Å². The minimum absolute atomic E-state index is 0.102. The Bertz CT molecular complexity index is 989. The van der Waals surface area contributed by atoms with Crippen molar-refractivity contribution in [1.82, 2.24) is 20.3 Å². The van der Waals surface area contributed by atoms with Gasteiger partial charge in [0, 0.05) is 36.8 Å². The zero-order valence-electron chi connectivity index (χ0n) is 17.2. The lowest BCUT2D eigenvalue weighted by atomic mass is 9.84. The molecule has 1 unspecified atom stereocenters. The first-order valence-electron chi connectivity index (χ1n) is 10.4. The highest BCUT2D eigenvalue weighted by atomic mass is 16.2. The van der Waals surface area contributed by atoms with Gasteiger partial charge in [-0.2, -0.15) is 4.98 Å². The van der Waals surface area contributed by atoms with Crippen LogP contribution in [0.25, 0.3) is 0 Å². The second kappa shape index (κ2) is 8.57. The van der Waals surface area contributed by atoms with Gasteiger partial charge in [0.05, 0.1) is 11.3 Å². The van der Waals surface area contributed by atoms with Crippen LogP contribution in [0.4, 0.5) is 17.6 Å². The zero-order chi connectivity index (χ0) is 21.1. The Morgan fingerprint density at radius 3 is 2.70 bits per heavy atom. The number of anilines is 3. The van der Waals surface area contributed by atoms with Crippen molar-refractivity contribution in [3.05, 3.63) is 35.2 Å². The maximum absolute atomic E-state index is 12.4. The van der Waals surface area contributed by atoms with Crippen LogP contribution in [0.5, 0.6) is 0 Å². The van der Waals surface area contributed by atoms with E-state index in [9.17, 15) is 4.79 Å². The molecule has 4 rings (SSSR count). The number of amides is 1. The van der Waals surface area contributed by atoms with Gasteiger partial charge in [-0.05, 0) is 44.7 Å². The van der Waals surface area contributed by atoms with Gasteiger partial charge in [-0.25, -0.2) is 9.97 Å². The topological polar surface area (TPSA) is 123 Å². The SMILES string of the molecule is Cc1nc(N)nc(N2CCCC(NC(=O)C3CCC3)C2)c1C#Cc1ccc(N)nc1. The average Bonchev–Trinajstić information content (AvgIpc) is 2.67. The number of carbonyl (C=O) groups is 1. The van der Waals surface area contributed by atoms with Crippen molar-refractivity contribution in [2.45, 2.75) is 45.1 Å². The Balaban J connectivity index is 1.56. The van der Waals surface area contributed by atoms with Gasteiger partial charge in [0.15, 0.2) is 0 Å². The molecule has 1 atom stereocenters. The summed E-state index contributed by atoms with van der Waals surface area (Å²) in [6.45, 7) is 3.41. The molecule has 2 aromatic heterocycles. The predicted molar refractivity (Wildman–Crippen MR) is 117 cm³/mol. The van der Waals surface area contributed by atoms with Gasteiger partial charge in [0.1, 0.15) is 11.6 Å². The van der Waals surface area contributed by atoms with E-state index in [-0.39, 0.29) is 23.8 Å². The molecule has 1 aliphatic heterocycles. The van der Waals surface area contributed by atoms with E-state index in [4.69, 9.17) is 11.5 Å². The molecule has 2 fully saturated rings. The Morgan fingerprint density at radius 2 is 2.00 bits per heavy atom. The molecule has 1 amide bonds. The maximum Gasteiger partial charge on any atom is 0.223 e. The van der Waals surface area contributed by atoms with Crippen LogP contribution in [0.1, 0.15) is 48.9 Å². The molecule has 0 spiro atoms. The molecule has 2 aromatic rings. The molecule has 156 valence electrons.